The minimum Gasteiger partial charge on any atom is -0.489 e. The van der Waals surface area contributed by atoms with E-state index in [1.54, 1.807) is 12.1 Å². The predicted octanol–water partition coefficient (Wildman–Crippen LogP) is 4.34. The summed E-state index contributed by atoms with van der Waals surface area (Å²) in [5.41, 5.74) is 1.71. The van der Waals surface area contributed by atoms with E-state index in [1.165, 1.54) is 4.90 Å². The lowest BCUT2D eigenvalue weighted by Gasteiger charge is -2.17. The number of nitrogens with zero attached hydrogens (tertiary/aromatic N) is 1. The zero-order valence-corrected chi connectivity index (χ0v) is 16.1. The number of anilines is 1. The zero-order valence-electron chi connectivity index (χ0n) is 14.5. The Morgan fingerprint density at radius 3 is 2.07 bits per heavy atom. The molecular formula is C22H18BrNO3. The molecule has 2 fully saturated rings. The van der Waals surface area contributed by atoms with Crippen molar-refractivity contribution in [1.29, 1.82) is 0 Å². The molecule has 1 heterocycles. The van der Waals surface area contributed by atoms with Crippen molar-refractivity contribution in [1.82, 2.24) is 0 Å². The number of halogens is 1. The lowest BCUT2D eigenvalue weighted by atomic mass is 9.85. The van der Waals surface area contributed by atoms with Gasteiger partial charge in [-0.2, -0.15) is 0 Å². The van der Waals surface area contributed by atoms with Crippen LogP contribution >= 0.6 is 15.9 Å². The summed E-state index contributed by atoms with van der Waals surface area (Å²) < 4.78 is 6.84. The van der Waals surface area contributed by atoms with Crippen LogP contribution in [0.15, 0.2) is 65.2 Å². The Morgan fingerprint density at radius 2 is 1.48 bits per heavy atom. The van der Waals surface area contributed by atoms with Gasteiger partial charge in [-0.05, 0) is 60.2 Å². The highest BCUT2D eigenvalue weighted by Crippen LogP contribution is 2.53. The van der Waals surface area contributed by atoms with Gasteiger partial charge >= 0.3 is 0 Å². The normalized spacial score (nSPS) is 28.1. The number of carbonyl (C=O) groups excluding carboxylic acids is 2. The maximum Gasteiger partial charge on any atom is 0.238 e. The first-order chi connectivity index (χ1) is 13.1. The standard InChI is InChI=1S/C22H18BrNO3/c23-16-5-1-13(2-6-16)12-27-18-9-7-17(8-10-18)24-21(25)19-14-3-4-15(11-14)20(19)22(24)26/h1-10,14-15,19-20H,11-12H2/t14-,15-,19+,20+/m0/s1. The van der Waals surface area contributed by atoms with Gasteiger partial charge in [0.05, 0.1) is 17.5 Å². The maximum atomic E-state index is 12.8. The van der Waals surface area contributed by atoms with Crippen molar-refractivity contribution in [3.05, 3.63) is 70.7 Å². The molecule has 0 N–H and O–H groups in total. The van der Waals surface area contributed by atoms with Gasteiger partial charge in [0.2, 0.25) is 11.8 Å². The molecular weight excluding hydrogens is 406 g/mol. The van der Waals surface area contributed by atoms with E-state index in [0.29, 0.717) is 18.0 Å². The number of benzene rings is 2. The molecule has 2 aromatic carbocycles. The Hall–Kier alpha value is -2.40. The van der Waals surface area contributed by atoms with E-state index in [-0.39, 0.29) is 35.5 Å². The van der Waals surface area contributed by atoms with Crippen molar-refractivity contribution in [3.8, 4) is 5.75 Å². The number of carbonyl (C=O) groups is 2. The number of ether oxygens (including phenoxy) is 1. The van der Waals surface area contributed by atoms with Crippen LogP contribution in [0.4, 0.5) is 5.69 Å². The highest BCUT2D eigenvalue weighted by Gasteiger charge is 2.59. The summed E-state index contributed by atoms with van der Waals surface area (Å²) in [5.74, 6) is 0.741. The first kappa shape index (κ1) is 16.8. The minimum atomic E-state index is -0.166. The van der Waals surface area contributed by atoms with E-state index in [2.05, 4.69) is 28.1 Å². The quantitative estimate of drug-likeness (QED) is 0.542. The zero-order chi connectivity index (χ0) is 18.5. The summed E-state index contributed by atoms with van der Waals surface area (Å²) in [6, 6.07) is 15.2. The Morgan fingerprint density at radius 1 is 0.889 bits per heavy atom. The van der Waals surface area contributed by atoms with E-state index in [0.717, 1.165) is 16.5 Å². The second-order valence-electron chi connectivity index (χ2n) is 7.42. The van der Waals surface area contributed by atoms with Crippen LogP contribution in [0, 0.1) is 23.7 Å². The number of amides is 2. The summed E-state index contributed by atoms with van der Waals surface area (Å²) in [7, 11) is 0. The Kier molecular flexibility index (Phi) is 3.93. The average Bonchev–Trinajstić information content (AvgIpc) is 3.36. The number of allylic oxidation sites excluding steroid dienone is 2. The summed E-state index contributed by atoms with van der Waals surface area (Å²) in [4.78, 5) is 27.1. The van der Waals surface area contributed by atoms with Crippen molar-refractivity contribution in [3.63, 3.8) is 0 Å². The SMILES string of the molecule is O=C1[C@H]2[C@H](C(=O)N1c1ccc(OCc3ccc(Br)cc3)cc1)[C@H]1C=C[C@H]2C1. The molecule has 2 aromatic rings. The summed E-state index contributed by atoms with van der Waals surface area (Å²) in [6.45, 7) is 0.466. The minimum absolute atomic E-state index is 0.0506. The number of imide groups is 1. The maximum absolute atomic E-state index is 12.8. The third-order valence-corrected chi connectivity index (χ3v) is 6.41. The van der Waals surface area contributed by atoms with Crippen LogP contribution in [-0.4, -0.2) is 11.8 Å². The van der Waals surface area contributed by atoms with Gasteiger partial charge in [0, 0.05) is 4.47 Å². The molecule has 0 unspecified atom stereocenters. The van der Waals surface area contributed by atoms with Crippen molar-refractivity contribution in [2.75, 3.05) is 4.90 Å². The molecule has 2 bridgehead atoms. The molecule has 4 nitrogen and oxygen atoms in total. The van der Waals surface area contributed by atoms with Crippen LogP contribution in [0.2, 0.25) is 0 Å². The Balaban J connectivity index is 1.30. The molecule has 0 radical (unpaired) electrons. The van der Waals surface area contributed by atoms with Crippen LogP contribution in [0.3, 0.4) is 0 Å². The van der Waals surface area contributed by atoms with Gasteiger partial charge in [-0.15, -0.1) is 0 Å². The van der Waals surface area contributed by atoms with Crippen LogP contribution < -0.4 is 9.64 Å². The van der Waals surface area contributed by atoms with Gasteiger partial charge in [-0.1, -0.05) is 40.2 Å². The van der Waals surface area contributed by atoms with Crippen molar-refractivity contribution in [2.24, 2.45) is 23.7 Å². The van der Waals surface area contributed by atoms with Crippen LogP contribution in [0.5, 0.6) is 5.75 Å². The molecule has 3 aliphatic rings. The molecule has 4 atom stereocenters. The number of hydrogen-bond acceptors (Lipinski definition) is 3. The molecule has 27 heavy (non-hydrogen) atoms. The number of hydrogen-bond donors (Lipinski definition) is 0. The first-order valence-corrected chi connectivity index (χ1v) is 9.94. The molecule has 2 aliphatic carbocycles. The fourth-order valence-electron chi connectivity index (χ4n) is 4.60. The van der Waals surface area contributed by atoms with E-state index in [4.69, 9.17) is 4.74 Å². The highest BCUT2D eigenvalue weighted by atomic mass is 79.9. The lowest BCUT2D eigenvalue weighted by Crippen LogP contribution is -2.32. The fraction of sp³-hybridized carbons (Fsp3) is 0.273. The monoisotopic (exact) mass is 423 g/mol. The fourth-order valence-corrected chi connectivity index (χ4v) is 4.86. The molecule has 0 aromatic heterocycles. The van der Waals surface area contributed by atoms with Gasteiger partial charge in [0.1, 0.15) is 12.4 Å². The van der Waals surface area contributed by atoms with Gasteiger partial charge in [0.25, 0.3) is 0 Å². The third kappa shape index (κ3) is 2.72. The van der Waals surface area contributed by atoms with E-state index in [1.807, 2.05) is 36.4 Å². The molecule has 1 saturated carbocycles. The van der Waals surface area contributed by atoms with Crippen LogP contribution in [-0.2, 0) is 16.2 Å². The molecule has 2 amide bonds. The number of fused-ring (bicyclic) bond motifs is 5. The summed E-state index contributed by atoms with van der Waals surface area (Å²) in [6.07, 6.45) is 5.17. The first-order valence-electron chi connectivity index (χ1n) is 9.15. The van der Waals surface area contributed by atoms with Gasteiger partial charge in [0.15, 0.2) is 0 Å². The average molecular weight is 424 g/mol. The summed E-state index contributed by atoms with van der Waals surface area (Å²) >= 11 is 3.42. The topological polar surface area (TPSA) is 46.6 Å². The molecule has 1 aliphatic heterocycles. The Bertz CT molecular complexity index is 905. The molecule has 0 spiro atoms. The van der Waals surface area contributed by atoms with Gasteiger partial charge in [-0.3, -0.25) is 14.5 Å². The summed E-state index contributed by atoms with van der Waals surface area (Å²) in [5, 5.41) is 0. The molecule has 136 valence electrons. The van der Waals surface area contributed by atoms with E-state index >= 15 is 0 Å². The third-order valence-electron chi connectivity index (χ3n) is 5.88. The van der Waals surface area contributed by atoms with E-state index < -0.39 is 0 Å². The Labute approximate surface area is 165 Å². The smallest absolute Gasteiger partial charge is 0.238 e. The van der Waals surface area contributed by atoms with Gasteiger partial charge < -0.3 is 4.74 Å². The molecule has 1 saturated heterocycles. The van der Waals surface area contributed by atoms with Crippen molar-refractivity contribution < 1.29 is 14.3 Å². The lowest BCUT2D eigenvalue weighted by molar-refractivity contribution is -0.123. The second-order valence-corrected chi connectivity index (χ2v) is 8.34. The number of rotatable bonds is 4. The van der Waals surface area contributed by atoms with Crippen LogP contribution in [0.1, 0.15) is 12.0 Å². The van der Waals surface area contributed by atoms with E-state index in [9.17, 15) is 9.59 Å². The highest BCUT2D eigenvalue weighted by molar-refractivity contribution is 9.10. The molecule has 5 heteroatoms. The molecule has 5 rings (SSSR count). The van der Waals surface area contributed by atoms with Gasteiger partial charge in [-0.25, -0.2) is 0 Å². The van der Waals surface area contributed by atoms with Crippen LogP contribution in [0.25, 0.3) is 0 Å². The second kappa shape index (κ2) is 6.34. The largest absolute Gasteiger partial charge is 0.489 e. The van der Waals surface area contributed by atoms with Crippen molar-refractivity contribution in [2.45, 2.75) is 13.0 Å². The predicted molar refractivity (Wildman–Crippen MR) is 105 cm³/mol. The van der Waals surface area contributed by atoms with Crippen molar-refractivity contribution >= 4 is 33.4 Å².